The summed E-state index contributed by atoms with van der Waals surface area (Å²) in [7, 11) is 1.72. The van der Waals surface area contributed by atoms with Gasteiger partial charge in [-0.2, -0.15) is 0 Å². The fraction of sp³-hybridized carbons (Fsp3) is 0.667. The van der Waals surface area contributed by atoms with Crippen LogP contribution in [0.5, 0.6) is 5.75 Å². The molecule has 3 heteroatoms. The Morgan fingerprint density at radius 2 is 2.05 bits per heavy atom. The van der Waals surface area contributed by atoms with Crippen LogP contribution in [-0.4, -0.2) is 19.7 Å². The smallest absolute Gasteiger partial charge is 0.133 e. The molecule has 0 radical (unpaired) electrons. The Balaban J connectivity index is 1.66. The van der Waals surface area contributed by atoms with Gasteiger partial charge in [-0.25, -0.2) is 0 Å². The molecule has 0 amide bonds. The van der Waals surface area contributed by atoms with Crippen molar-refractivity contribution in [2.75, 3.05) is 13.7 Å². The molecule has 0 aliphatic heterocycles. The highest BCUT2D eigenvalue weighted by Crippen LogP contribution is 2.55. The van der Waals surface area contributed by atoms with Crippen LogP contribution in [0.4, 0.5) is 0 Å². The Morgan fingerprint density at radius 3 is 2.67 bits per heavy atom. The first-order valence-corrected chi connectivity index (χ1v) is 9.06. The Hall–Kier alpha value is -0.540. The molecule has 2 saturated carbocycles. The van der Waals surface area contributed by atoms with E-state index in [0.29, 0.717) is 6.04 Å². The lowest BCUT2D eigenvalue weighted by molar-refractivity contribution is 0.332. The molecule has 1 aromatic rings. The standard InChI is InChI=1S/C18H26BrNO/c1-3-6-20-17(15-10-13-9-14(13)11-15)8-12-4-5-18(21-2)16(19)7-12/h4-5,7,13-15,17,20H,3,6,8-11H2,1-2H3. The number of fused-ring (bicyclic) bond motifs is 1. The molecular formula is C18H26BrNO. The van der Waals surface area contributed by atoms with Crippen LogP contribution in [0.3, 0.4) is 0 Å². The van der Waals surface area contributed by atoms with Gasteiger partial charge in [0.05, 0.1) is 11.6 Å². The van der Waals surface area contributed by atoms with E-state index in [1.165, 1.54) is 31.2 Å². The second-order valence-corrected chi connectivity index (χ2v) is 7.58. The highest BCUT2D eigenvalue weighted by atomic mass is 79.9. The third-order valence-electron chi connectivity index (χ3n) is 5.18. The van der Waals surface area contributed by atoms with Crippen molar-refractivity contribution in [2.45, 2.75) is 45.1 Å². The van der Waals surface area contributed by atoms with Crippen LogP contribution in [0, 0.1) is 17.8 Å². The summed E-state index contributed by atoms with van der Waals surface area (Å²) in [6.07, 6.45) is 6.74. The van der Waals surface area contributed by atoms with Crippen molar-refractivity contribution >= 4 is 15.9 Å². The molecule has 0 bridgehead atoms. The van der Waals surface area contributed by atoms with E-state index in [0.717, 1.165) is 40.9 Å². The molecule has 2 nitrogen and oxygen atoms in total. The van der Waals surface area contributed by atoms with Crippen molar-refractivity contribution in [3.8, 4) is 5.75 Å². The number of hydrogen-bond donors (Lipinski definition) is 1. The van der Waals surface area contributed by atoms with Crippen LogP contribution in [0.1, 0.15) is 38.2 Å². The molecule has 1 aromatic carbocycles. The second kappa shape index (κ2) is 6.70. The summed E-state index contributed by atoms with van der Waals surface area (Å²) < 4.78 is 6.39. The summed E-state index contributed by atoms with van der Waals surface area (Å²) >= 11 is 3.60. The van der Waals surface area contributed by atoms with Gasteiger partial charge >= 0.3 is 0 Å². The van der Waals surface area contributed by atoms with Crippen LogP contribution in [0.25, 0.3) is 0 Å². The summed E-state index contributed by atoms with van der Waals surface area (Å²) in [6.45, 7) is 3.38. The molecule has 21 heavy (non-hydrogen) atoms. The average Bonchev–Trinajstić information content (AvgIpc) is 3.10. The van der Waals surface area contributed by atoms with Crippen molar-refractivity contribution < 1.29 is 4.74 Å². The number of halogens is 1. The average molecular weight is 352 g/mol. The van der Waals surface area contributed by atoms with Crippen molar-refractivity contribution in [1.82, 2.24) is 5.32 Å². The Bertz CT molecular complexity index is 480. The quantitative estimate of drug-likeness (QED) is 0.785. The number of benzene rings is 1. The molecule has 3 atom stereocenters. The molecule has 3 unspecified atom stereocenters. The summed E-state index contributed by atoms with van der Waals surface area (Å²) in [5, 5.41) is 3.80. The maximum atomic E-state index is 5.33. The number of ether oxygens (including phenoxy) is 1. The number of rotatable bonds is 7. The second-order valence-electron chi connectivity index (χ2n) is 6.72. The molecule has 2 aliphatic rings. The lowest BCUT2D eigenvalue weighted by atomic mass is 9.89. The maximum Gasteiger partial charge on any atom is 0.133 e. The van der Waals surface area contributed by atoms with Crippen LogP contribution in [0.15, 0.2) is 22.7 Å². The minimum Gasteiger partial charge on any atom is -0.496 e. The normalized spacial score (nSPS) is 28.2. The van der Waals surface area contributed by atoms with Gasteiger partial charge in [-0.3, -0.25) is 0 Å². The van der Waals surface area contributed by atoms with E-state index in [4.69, 9.17) is 4.74 Å². The minimum atomic E-state index is 0.637. The van der Waals surface area contributed by atoms with E-state index < -0.39 is 0 Å². The monoisotopic (exact) mass is 351 g/mol. The van der Waals surface area contributed by atoms with Gasteiger partial charge < -0.3 is 10.1 Å². The van der Waals surface area contributed by atoms with E-state index in [-0.39, 0.29) is 0 Å². The van der Waals surface area contributed by atoms with Gasteiger partial charge in [-0.1, -0.05) is 13.0 Å². The molecule has 0 aromatic heterocycles. The summed E-state index contributed by atoms with van der Waals surface area (Å²) in [6, 6.07) is 7.13. The van der Waals surface area contributed by atoms with Crippen LogP contribution in [-0.2, 0) is 6.42 Å². The Morgan fingerprint density at radius 1 is 1.29 bits per heavy atom. The van der Waals surface area contributed by atoms with Gasteiger partial charge in [0.2, 0.25) is 0 Å². The fourth-order valence-electron chi connectivity index (χ4n) is 3.92. The first-order chi connectivity index (χ1) is 10.2. The first kappa shape index (κ1) is 15.4. The molecule has 3 rings (SSSR count). The van der Waals surface area contributed by atoms with E-state index in [9.17, 15) is 0 Å². The van der Waals surface area contributed by atoms with Crippen LogP contribution in [0.2, 0.25) is 0 Å². The molecule has 2 aliphatic carbocycles. The van der Waals surface area contributed by atoms with Crippen molar-refractivity contribution in [2.24, 2.45) is 17.8 Å². The Kier molecular flexibility index (Phi) is 4.90. The summed E-state index contributed by atoms with van der Waals surface area (Å²) in [5.41, 5.74) is 1.40. The minimum absolute atomic E-state index is 0.637. The third-order valence-corrected chi connectivity index (χ3v) is 5.80. The molecule has 0 spiro atoms. The zero-order valence-electron chi connectivity index (χ0n) is 13.1. The lowest BCUT2D eigenvalue weighted by Gasteiger charge is -2.26. The molecule has 0 saturated heterocycles. The molecule has 2 fully saturated rings. The van der Waals surface area contributed by atoms with Gasteiger partial charge in [-0.05, 0) is 90.0 Å². The highest BCUT2D eigenvalue weighted by molar-refractivity contribution is 9.10. The van der Waals surface area contributed by atoms with Gasteiger partial charge in [0, 0.05) is 6.04 Å². The zero-order chi connectivity index (χ0) is 14.8. The van der Waals surface area contributed by atoms with E-state index in [1.54, 1.807) is 7.11 Å². The highest BCUT2D eigenvalue weighted by Gasteiger charge is 2.47. The van der Waals surface area contributed by atoms with E-state index in [1.807, 2.05) is 0 Å². The van der Waals surface area contributed by atoms with Gasteiger partial charge in [0.1, 0.15) is 5.75 Å². The third kappa shape index (κ3) is 3.62. The molecule has 1 N–H and O–H groups in total. The first-order valence-electron chi connectivity index (χ1n) is 8.27. The summed E-state index contributed by atoms with van der Waals surface area (Å²) in [5.74, 6) is 3.91. The predicted octanol–water partition coefficient (Wildman–Crippen LogP) is 4.41. The number of hydrogen-bond acceptors (Lipinski definition) is 2. The van der Waals surface area contributed by atoms with Gasteiger partial charge in [-0.15, -0.1) is 0 Å². The largest absolute Gasteiger partial charge is 0.496 e. The number of methoxy groups -OCH3 is 1. The number of nitrogens with one attached hydrogen (secondary N) is 1. The summed E-state index contributed by atoms with van der Waals surface area (Å²) in [4.78, 5) is 0. The van der Waals surface area contributed by atoms with E-state index >= 15 is 0 Å². The van der Waals surface area contributed by atoms with E-state index in [2.05, 4.69) is 46.4 Å². The predicted molar refractivity (Wildman–Crippen MR) is 90.8 cm³/mol. The van der Waals surface area contributed by atoms with Crippen molar-refractivity contribution in [3.63, 3.8) is 0 Å². The lowest BCUT2D eigenvalue weighted by Crippen LogP contribution is -2.38. The van der Waals surface area contributed by atoms with Crippen molar-refractivity contribution in [3.05, 3.63) is 28.2 Å². The molecule has 0 heterocycles. The van der Waals surface area contributed by atoms with Gasteiger partial charge in [0.15, 0.2) is 0 Å². The zero-order valence-corrected chi connectivity index (χ0v) is 14.7. The van der Waals surface area contributed by atoms with Crippen LogP contribution < -0.4 is 10.1 Å². The maximum absolute atomic E-state index is 5.33. The van der Waals surface area contributed by atoms with Crippen LogP contribution >= 0.6 is 15.9 Å². The topological polar surface area (TPSA) is 21.3 Å². The fourth-order valence-corrected chi connectivity index (χ4v) is 4.50. The Labute approximate surface area is 136 Å². The SMILES string of the molecule is CCCNC(Cc1ccc(OC)c(Br)c1)C1CC2CC2C1. The molecular weight excluding hydrogens is 326 g/mol. The van der Waals surface area contributed by atoms with Gasteiger partial charge in [0.25, 0.3) is 0 Å². The van der Waals surface area contributed by atoms with Crippen molar-refractivity contribution in [1.29, 1.82) is 0 Å². The molecule has 116 valence electrons.